The first kappa shape index (κ1) is 17.0. The lowest BCUT2D eigenvalue weighted by Crippen LogP contribution is -2.29. The Morgan fingerprint density at radius 3 is 2.65 bits per heavy atom. The molecule has 5 nitrogen and oxygen atoms in total. The molecule has 1 unspecified atom stereocenters. The van der Waals surface area contributed by atoms with Gasteiger partial charge in [0.2, 0.25) is 5.91 Å². The van der Waals surface area contributed by atoms with E-state index < -0.39 is 4.92 Å². The minimum Gasteiger partial charge on any atom is -0.349 e. The molecular weight excluding hydrogens is 316 g/mol. The highest BCUT2D eigenvalue weighted by atomic mass is 35.5. The fourth-order valence-electron chi connectivity index (χ4n) is 2.40. The Morgan fingerprint density at radius 2 is 2.00 bits per heavy atom. The first-order chi connectivity index (χ1) is 11.0. The maximum Gasteiger partial charge on any atom is 0.273 e. The van der Waals surface area contributed by atoms with Crippen molar-refractivity contribution >= 4 is 23.2 Å². The zero-order valence-corrected chi connectivity index (χ0v) is 13.4. The van der Waals surface area contributed by atoms with Crippen molar-refractivity contribution in [1.29, 1.82) is 0 Å². The van der Waals surface area contributed by atoms with Gasteiger partial charge in [-0.2, -0.15) is 0 Å². The van der Waals surface area contributed by atoms with Crippen LogP contribution in [-0.2, 0) is 11.2 Å². The topological polar surface area (TPSA) is 72.2 Å². The zero-order chi connectivity index (χ0) is 16.8. The molecular formula is C17H17ClN2O3. The van der Waals surface area contributed by atoms with Gasteiger partial charge in [0.25, 0.3) is 5.69 Å². The lowest BCUT2D eigenvalue weighted by molar-refractivity contribution is -0.385. The third-order valence-electron chi connectivity index (χ3n) is 3.53. The van der Waals surface area contributed by atoms with Gasteiger partial charge in [0, 0.05) is 16.7 Å². The van der Waals surface area contributed by atoms with Gasteiger partial charge in [-0.3, -0.25) is 14.9 Å². The van der Waals surface area contributed by atoms with E-state index in [0.29, 0.717) is 17.0 Å². The predicted octanol–water partition coefficient (Wildman–Crippen LogP) is 4.06. The highest BCUT2D eigenvalue weighted by Crippen LogP contribution is 2.22. The van der Waals surface area contributed by atoms with Crippen LogP contribution in [0.25, 0.3) is 0 Å². The Kier molecular flexibility index (Phi) is 5.71. The number of nitro groups is 1. The first-order valence-electron chi connectivity index (χ1n) is 7.28. The van der Waals surface area contributed by atoms with Gasteiger partial charge < -0.3 is 5.32 Å². The summed E-state index contributed by atoms with van der Waals surface area (Å²) in [5.74, 6) is -0.258. The summed E-state index contributed by atoms with van der Waals surface area (Å²) in [6.07, 6.45) is 0.664. The number of rotatable bonds is 6. The maximum absolute atomic E-state index is 12.2. The summed E-state index contributed by atoms with van der Waals surface area (Å²) in [6.45, 7) is 1.96. The highest BCUT2D eigenvalue weighted by molar-refractivity contribution is 6.30. The number of para-hydroxylation sites is 1. The summed E-state index contributed by atoms with van der Waals surface area (Å²) in [6, 6.07) is 13.4. The minimum atomic E-state index is -0.475. The lowest BCUT2D eigenvalue weighted by atomic mass is 10.0. The quantitative estimate of drug-likeness (QED) is 0.640. The van der Waals surface area contributed by atoms with E-state index >= 15 is 0 Å². The molecule has 0 radical (unpaired) electrons. The van der Waals surface area contributed by atoms with Crippen molar-refractivity contribution in [2.75, 3.05) is 0 Å². The molecule has 0 aliphatic carbocycles. The summed E-state index contributed by atoms with van der Waals surface area (Å²) in [5, 5.41) is 14.5. The van der Waals surface area contributed by atoms with Crippen LogP contribution in [0.5, 0.6) is 0 Å². The van der Waals surface area contributed by atoms with Crippen molar-refractivity contribution in [3.8, 4) is 0 Å². The third-order valence-corrected chi connectivity index (χ3v) is 3.77. The molecule has 23 heavy (non-hydrogen) atoms. The van der Waals surface area contributed by atoms with Crippen LogP contribution in [0.15, 0.2) is 48.5 Å². The molecule has 6 heteroatoms. The zero-order valence-electron chi connectivity index (χ0n) is 12.7. The summed E-state index contributed by atoms with van der Waals surface area (Å²) in [5.41, 5.74) is 1.27. The number of amides is 1. The molecule has 2 aromatic carbocycles. The molecule has 0 heterocycles. The van der Waals surface area contributed by atoms with Gasteiger partial charge in [0.1, 0.15) is 0 Å². The Morgan fingerprint density at radius 1 is 1.26 bits per heavy atom. The molecule has 0 saturated carbocycles. The first-order valence-corrected chi connectivity index (χ1v) is 7.66. The fraction of sp³-hybridized carbons (Fsp3) is 0.235. The van der Waals surface area contributed by atoms with E-state index in [2.05, 4.69) is 5.32 Å². The molecule has 2 rings (SSSR count). The number of nitrogens with zero attached hydrogens (tertiary/aromatic N) is 1. The van der Waals surface area contributed by atoms with Gasteiger partial charge in [-0.15, -0.1) is 0 Å². The highest BCUT2D eigenvalue weighted by Gasteiger charge is 2.18. The van der Waals surface area contributed by atoms with E-state index in [1.165, 1.54) is 6.07 Å². The number of nitrogens with one attached hydrogen (secondary N) is 1. The summed E-state index contributed by atoms with van der Waals surface area (Å²) >= 11 is 5.98. The van der Waals surface area contributed by atoms with Gasteiger partial charge in [-0.05, 0) is 24.1 Å². The number of nitro benzene ring substituents is 1. The van der Waals surface area contributed by atoms with E-state index in [1.54, 1.807) is 30.3 Å². The fourth-order valence-corrected chi connectivity index (χ4v) is 2.60. The molecule has 1 atom stereocenters. The molecule has 0 saturated heterocycles. The molecule has 1 amide bonds. The standard InChI is InChI=1S/C17H17ClN2O3/c1-2-15(12-7-5-8-14(18)10-12)19-17(21)11-13-6-3-4-9-16(13)20(22)23/h3-10,15H,2,11H2,1H3,(H,19,21). The number of benzene rings is 2. The van der Waals surface area contributed by atoms with Crippen LogP contribution in [-0.4, -0.2) is 10.8 Å². The van der Waals surface area contributed by atoms with Crippen molar-refractivity contribution in [3.63, 3.8) is 0 Å². The van der Waals surface area contributed by atoms with Crippen molar-refractivity contribution in [3.05, 3.63) is 74.8 Å². The molecule has 0 spiro atoms. The summed E-state index contributed by atoms with van der Waals surface area (Å²) in [4.78, 5) is 22.8. The van der Waals surface area contributed by atoms with Crippen LogP contribution in [0.3, 0.4) is 0 Å². The van der Waals surface area contributed by atoms with E-state index in [1.807, 2.05) is 19.1 Å². The molecule has 2 aromatic rings. The van der Waals surface area contributed by atoms with Crippen LogP contribution in [0.4, 0.5) is 5.69 Å². The van der Waals surface area contributed by atoms with E-state index in [0.717, 1.165) is 5.56 Å². The van der Waals surface area contributed by atoms with Gasteiger partial charge in [-0.25, -0.2) is 0 Å². The second-order valence-corrected chi connectivity index (χ2v) is 5.58. The summed E-state index contributed by atoms with van der Waals surface area (Å²) in [7, 11) is 0. The van der Waals surface area contributed by atoms with Crippen molar-refractivity contribution in [1.82, 2.24) is 5.32 Å². The molecule has 0 aromatic heterocycles. The monoisotopic (exact) mass is 332 g/mol. The molecule has 0 bridgehead atoms. The Hall–Kier alpha value is -2.40. The van der Waals surface area contributed by atoms with Gasteiger partial charge in [0.15, 0.2) is 0 Å². The molecule has 1 N–H and O–H groups in total. The second kappa shape index (κ2) is 7.74. The van der Waals surface area contributed by atoms with Gasteiger partial charge in [-0.1, -0.05) is 48.9 Å². The number of halogens is 1. The number of carbonyl (C=O) groups excluding carboxylic acids is 1. The number of hydrogen-bond donors (Lipinski definition) is 1. The molecule has 0 aliphatic rings. The smallest absolute Gasteiger partial charge is 0.273 e. The molecule has 120 valence electrons. The second-order valence-electron chi connectivity index (χ2n) is 5.15. The Labute approximate surface area is 139 Å². The van der Waals surface area contributed by atoms with E-state index in [-0.39, 0.29) is 24.1 Å². The Balaban J connectivity index is 2.11. The molecule has 0 fully saturated rings. The van der Waals surface area contributed by atoms with Crippen LogP contribution in [0, 0.1) is 10.1 Å². The lowest BCUT2D eigenvalue weighted by Gasteiger charge is -2.17. The SMILES string of the molecule is CCC(NC(=O)Cc1ccccc1[N+](=O)[O-])c1cccc(Cl)c1. The van der Waals surface area contributed by atoms with Crippen molar-refractivity contribution in [2.45, 2.75) is 25.8 Å². The summed E-state index contributed by atoms with van der Waals surface area (Å²) < 4.78 is 0. The largest absolute Gasteiger partial charge is 0.349 e. The van der Waals surface area contributed by atoms with Crippen LogP contribution < -0.4 is 5.32 Å². The van der Waals surface area contributed by atoms with E-state index in [9.17, 15) is 14.9 Å². The van der Waals surface area contributed by atoms with E-state index in [4.69, 9.17) is 11.6 Å². The third kappa shape index (κ3) is 4.53. The van der Waals surface area contributed by atoms with Crippen LogP contribution in [0.1, 0.15) is 30.5 Å². The average molecular weight is 333 g/mol. The Bertz CT molecular complexity index is 718. The van der Waals surface area contributed by atoms with Crippen molar-refractivity contribution < 1.29 is 9.72 Å². The molecule has 0 aliphatic heterocycles. The average Bonchev–Trinajstić information content (AvgIpc) is 2.53. The van der Waals surface area contributed by atoms with Gasteiger partial charge >= 0.3 is 0 Å². The van der Waals surface area contributed by atoms with Crippen LogP contribution in [0.2, 0.25) is 5.02 Å². The predicted molar refractivity (Wildman–Crippen MR) is 89.4 cm³/mol. The number of carbonyl (C=O) groups is 1. The van der Waals surface area contributed by atoms with Crippen LogP contribution >= 0.6 is 11.6 Å². The maximum atomic E-state index is 12.2. The number of hydrogen-bond acceptors (Lipinski definition) is 3. The van der Waals surface area contributed by atoms with Crippen molar-refractivity contribution in [2.24, 2.45) is 0 Å². The minimum absolute atomic E-state index is 0.0335. The normalized spacial score (nSPS) is 11.7. The van der Waals surface area contributed by atoms with Gasteiger partial charge in [0.05, 0.1) is 17.4 Å².